The van der Waals surface area contributed by atoms with Crippen LogP contribution >= 0.6 is 0 Å². The molecule has 1 saturated heterocycles. The summed E-state index contributed by atoms with van der Waals surface area (Å²) in [7, 11) is 0. The number of aromatic nitrogens is 2. The highest BCUT2D eigenvalue weighted by molar-refractivity contribution is 5.99. The number of fused-ring (bicyclic) bond motifs is 1. The maximum Gasteiger partial charge on any atom is 0.253 e. The summed E-state index contributed by atoms with van der Waals surface area (Å²) in [5.74, 6) is 2.03. The van der Waals surface area contributed by atoms with Gasteiger partial charge in [0, 0.05) is 37.5 Å². The van der Waals surface area contributed by atoms with Crippen LogP contribution in [0.25, 0.3) is 6.08 Å². The molecule has 4 rings (SSSR count). The molecule has 0 bridgehead atoms. The quantitative estimate of drug-likeness (QED) is 0.865. The van der Waals surface area contributed by atoms with E-state index in [1.54, 1.807) is 0 Å². The summed E-state index contributed by atoms with van der Waals surface area (Å²) >= 11 is 0. The second kappa shape index (κ2) is 6.75. The standard InChI is InChI=1S/C20H23N3O2/c1-2-19-21-9-11-23(19)17-7-5-10-22(13-17)20(24)16-12-15-6-3-4-8-18(15)25-14-16/h3-4,6,8-9,11-12,17H,2,5,7,10,13-14H2,1H3/t17-/m1/s1. The lowest BCUT2D eigenvalue weighted by atomic mass is 10.0. The zero-order chi connectivity index (χ0) is 17.2. The van der Waals surface area contributed by atoms with Crippen molar-refractivity contribution in [3.05, 3.63) is 53.6 Å². The fourth-order valence-corrected chi connectivity index (χ4v) is 3.76. The van der Waals surface area contributed by atoms with Crippen LogP contribution in [0.2, 0.25) is 0 Å². The van der Waals surface area contributed by atoms with Gasteiger partial charge in [-0.1, -0.05) is 25.1 Å². The number of para-hydroxylation sites is 1. The maximum absolute atomic E-state index is 13.0. The predicted octanol–water partition coefficient (Wildman–Crippen LogP) is 3.09. The number of piperidine rings is 1. The average molecular weight is 337 g/mol. The number of nitrogens with zero attached hydrogens (tertiary/aromatic N) is 3. The fraction of sp³-hybridized carbons (Fsp3) is 0.400. The van der Waals surface area contributed by atoms with Crippen molar-refractivity contribution < 1.29 is 9.53 Å². The van der Waals surface area contributed by atoms with E-state index < -0.39 is 0 Å². The molecular weight excluding hydrogens is 314 g/mol. The number of amides is 1. The highest BCUT2D eigenvalue weighted by atomic mass is 16.5. The van der Waals surface area contributed by atoms with E-state index in [-0.39, 0.29) is 5.91 Å². The summed E-state index contributed by atoms with van der Waals surface area (Å²) in [4.78, 5) is 19.4. The van der Waals surface area contributed by atoms with E-state index in [4.69, 9.17) is 4.74 Å². The molecule has 0 saturated carbocycles. The number of hydrogen-bond acceptors (Lipinski definition) is 3. The lowest BCUT2D eigenvalue weighted by molar-refractivity contribution is -0.129. The molecule has 5 nitrogen and oxygen atoms in total. The number of hydrogen-bond donors (Lipinski definition) is 0. The molecule has 1 aromatic carbocycles. The molecule has 2 aromatic rings. The van der Waals surface area contributed by atoms with E-state index in [0.717, 1.165) is 55.1 Å². The normalized spacial score (nSPS) is 19.8. The second-order valence-electron chi connectivity index (χ2n) is 6.65. The molecule has 2 aliphatic rings. The summed E-state index contributed by atoms with van der Waals surface area (Å²) in [5.41, 5.74) is 1.72. The molecule has 1 aromatic heterocycles. The largest absolute Gasteiger partial charge is 0.488 e. The van der Waals surface area contributed by atoms with Crippen LogP contribution in [0.4, 0.5) is 0 Å². The number of imidazole rings is 1. The van der Waals surface area contributed by atoms with Crippen molar-refractivity contribution in [2.45, 2.75) is 32.2 Å². The number of ether oxygens (including phenoxy) is 1. The molecule has 3 heterocycles. The smallest absolute Gasteiger partial charge is 0.253 e. The first-order valence-electron chi connectivity index (χ1n) is 8.99. The minimum atomic E-state index is 0.0948. The lowest BCUT2D eigenvalue weighted by Crippen LogP contribution is -2.42. The Bertz CT molecular complexity index is 809. The zero-order valence-electron chi connectivity index (χ0n) is 14.5. The Labute approximate surface area is 147 Å². The van der Waals surface area contributed by atoms with Gasteiger partial charge < -0.3 is 14.2 Å². The van der Waals surface area contributed by atoms with Crippen molar-refractivity contribution in [1.29, 1.82) is 0 Å². The predicted molar refractivity (Wildman–Crippen MR) is 96.4 cm³/mol. The van der Waals surface area contributed by atoms with E-state index in [0.29, 0.717) is 12.6 Å². The van der Waals surface area contributed by atoms with E-state index in [1.165, 1.54) is 0 Å². The third-order valence-corrected chi connectivity index (χ3v) is 5.05. The second-order valence-corrected chi connectivity index (χ2v) is 6.65. The molecule has 1 atom stereocenters. The number of benzene rings is 1. The van der Waals surface area contributed by atoms with Crippen LogP contribution in [0, 0.1) is 0 Å². The van der Waals surface area contributed by atoms with Crippen molar-refractivity contribution >= 4 is 12.0 Å². The maximum atomic E-state index is 13.0. The van der Waals surface area contributed by atoms with Crippen LogP contribution in [-0.4, -0.2) is 40.1 Å². The molecule has 1 amide bonds. The van der Waals surface area contributed by atoms with E-state index in [9.17, 15) is 4.79 Å². The Balaban J connectivity index is 1.52. The molecule has 0 aliphatic carbocycles. The number of likely N-dealkylation sites (tertiary alicyclic amines) is 1. The van der Waals surface area contributed by atoms with Crippen molar-refractivity contribution in [3.8, 4) is 5.75 Å². The van der Waals surface area contributed by atoms with Crippen LogP contribution in [0.5, 0.6) is 5.75 Å². The summed E-state index contributed by atoms with van der Waals surface area (Å²) in [5, 5.41) is 0. The zero-order valence-corrected chi connectivity index (χ0v) is 14.5. The van der Waals surface area contributed by atoms with Gasteiger partial charge in [-0.25, -0.2) is 4.98 Å². The monoisotopic (exact) mass is 337 g/mol. The molecule has 5 heteroatoms. The van der Waals surface area contributed by atoms with Crippen LogP contribution in [0.1, 0.15) is 37.2 Å². The Kier molecular flexibility index (Phi) is 4.30. The molecule has 0 radical (unpaired) electrons. The molecule has 130 valence electrons. The van der Waals surface area contributed by atoms with Crippen molar-refractivity contribution in [2.24, 2.45) is 0 Å². The summed E-state index contributed by atoms with van der Waals surface area (Å²) in [6, 6.07) is 8.15. The van der Waals surface area contributed by atoms with Crippen LogP contribution in [0.15, 0.2) is 42.2 Å². The van der Waals surface area contributed by atoms with Gasteiger partial charge in [-0.2, -0.15) is 0 Å². The van der Waals surface area contributed by atoms with Crippen molar-refractivity contribution in [1.82, 2.24) is 14.5 Å². The molecule has 2 aliphatic heterocycles. The molecule has 0 N–H and O–H groups in total. The summed E-state index contributed by atoms with van der Waals surface area (Å²) in [6.45, 7) is 4.01. The third-order valence-electron chi connectivity index (χ3n) is 5.05. The minimum Gasteiger partial charge on any atom is -0.488 e. The Hall–Kier alpha value is -2.56. The van der Waals surface area contributed by atoms with Gasteiger partial charge in [-0.3, -0.25) is 4.79 Å². The Morgan fingerprint density at radius 2 is 2.24 bits per heavy atom. The summed E-state index contributed by atoms with van der Waals surface area (Å²) < 4.78 is 7.99. The number of carbonyl (C=O) groups excluding carboxylic acids is 1. The molecular formula is C20H23N3O2. The van der Waals surface area contributed by atoms with Crippen LogP contribution < -0.4 is 4.74 Å². The van der Waals surface area contributed by atoms with Gasteiger partial charge in [0.2, 0.25) is 0 Å². The van der Waals surface area contributed by atoms with Gasteiger partial charge in [0.1, 0.15) is 18.2 Å². The van der Waals surface area contributed by atoms with E-state index >= 15 is 0 Å². The molecule has 0 unspecified atom stereocenters. The first-order valence-corrected chi connectivity index (χ1v) is 8.99. The van der Waals surface area contributed by atoms with Crippen molar-refractivity contribution in [3.63, 3.8) is 0 Å². The van der Waals surface area contributed by atoms with Gasteiger partial charge in [-0.15, -0.1) is 0 Å². The minimum absolute atomic E-state index is 0.0948. The van der Waals surface area contributed by atoms with Gasteiger partial charge in [0.25, 0.3) is 5.91 Å². The molecule has 0 spiro atoms. The van der Waals surface area contributed by atoms with Crippen LogP contribution in [0.3, 0.4) is 0 Å². The van der Waals surface area contributed by atoms with Gasteiger partial charge in [0.05, 0.1) is 11.6 Å². The van der Waals surface area contributed by atoms with Gasteiger partial charge in [-0.05, 0) is 25.0 Å². The average Bonchev–Trinajstić information content (AvgIpc) is 3.16. The lowest BCUT2D eigenvalue weighted by Gasteiger charge is -2.35. The van der Waals surface area contributed by atoms with Crippen molar-refractivity contribution in [2.75, 3.05) is 19.7 Å². The first kappa shape index (κ1) is 15.9. The van der Waals surface area contributed by atoms with E-state index in [2.05, 4.69) is 16.5 Å². The topological polar surface area (TPSA) is 47.4 Å². The Morgan fingerprint density at radius 1 is 1.36 bits per heavy atom. The van der Waals surface area contributed by atoms with Gasteiger partial charge in [0.15, 0.2) is 0 Å². The molecule has 25 heavy (non-hydrogen) atoms. The SMILES string of the molecule is CCc1nccn1[C@@H]1CCCN(C(=O)C2=Cc3ccccc3OC2)C1. The Morgan fingerprint density at radius 3 is 3.12 bits per heavy atom. The molecule has 1 fully saturated rings. The number of carbonyl (C=O) groups is 1. The number of aryl methyl sites for hydroxylation is 1. The summed E-state index contributed by atoms with van der Waals surface area (Å²) in [6.07, 6.45) is 8.88. The first-order chi connectivity index (χ1) is 12.3. The highest BCUT2D eigenvalue weighted by Gasteiger charge is 2.28. The van der Waals surface area contributed by atoms with E-state index in [1.807, 2.05) is 47.6 Å². The number of rotatable bonds is 3. The third kappa shape index (κ3) is 3.06. The van der Waals surface area contributed by atoms with Crippen LogP contribution in [-0.2, 0) is 11.2 Å². The van der Waals surface area contributed by atoms with Gasteiger partial charge >= 0.3 is 0 Å². The fourth-order valence-electron chi connectivity index (χ4n) is 3.76. The highest BCUT2D eigenvalue weighted by Crippen LogP contribution is 2.28.